The van der Waals surface area contributed by atoms with Crippen molar-refractivity contribution in [3.05, 3.63) is 17.0 Å². The zero-order valence-electron chi connectivity index (χ0n) is 11.3. The Hall–Kier alpha value is -0.830. The molecule has 1 aromatic rings. The summed E-state index contributed by atoms with van der Waals surface area (Å²) in [6.07, 6.45) is 7.47. The largest absolute Gasteiger partial charge is 0.356 e. The van der Waals surface area contributed by atoms with Crippen LogP contribution in [0.4, 0.5) is 5.82 Å². The lowest BCUT2D eigenvalue weighted by Crippen LogP contribution is -2.36. The molecule has 0 N–H and O–H groups in total. The number of hydrogen-bond acceptors (Lipinski definition) is 3. The van der Waals surface area contributed by atoms with E-state index < -0.39 is 0 Å². The lowest BCUT2D eigenvalue weighted by molar-refractivity contribution is 0.402. The van der Waals surface area contributed by atoms with E-state index in [1.807, 2.05) is 0 Å². The highest BCUT2D eigenvalue weighted by molar-refractivity contribution is 6.30. The van der Waals surface area contributed by atoms with Gasteiger partial charge in [-0.15, -0.1) is 0 Å². The van der Waals surface area contributed by atoms with Crippen LogP contribution in [-0.4, -0.2) is 23.1 Å². The molecule has 4 heteroatoms. The first-order chi connectivity index (χ1) is 8.76. The molecule has 2 heterocycles. The molecular weight excluding hydrogens is 246 g/mol. The van der Waals surface area contributed by atoms with Crippen LogP contribution in [0.1, 0.15) is 45.1 Å². The van der Waals surface area contributed by atoms with Crippen molar-refractivity contribution in [1.82, 2.24) is 9.97 Å². The first-order valence-corrected chi connectivity index (χ1v) is 7.38. The molecule has 1 fully saturated rings. The van der Waals surface area contributed by atoms with E-state index in [4.69, 9.17) is 11.6 Å². The summed E-state index contributed by atoms with van der Waals surface area (Å²) in [5, 5.41) is 0.625. The van der Waals surface area contributed by atoms with Crippen molar-refractivity contribution >= 4 is 17.4 Å². The van der Waals surface area contributed by atoms with Gasteiger partial charge < -0.3 is 4.90 Å². The number of anilines is 1. The fourth-order valence-corrected chi connectivity index (χ4v) is 2.93. The van der Waals surface area contributed by atoms with Crippen molar-refractivity contribution in [2.24, 2.45) is 5.92 Å². The molecule has 3 nitrogen and oxygen atoms in total. The van der Waals surface area contributed by atoms with E-state index in [0.717, 1.165) is 43.2 Å². The summed E-state index contributed by atoms with van der Waals surface area (Å²) in [6, 6.07) is 0. The third kappa shape index (κ3) is 2.94. The highest BCUT2D eigenvalue weighted by atomic mass is 35.5. The standard InChI is InChI=1S/C14H22ClN3/c1-3-6-12-13(15)16-10-17-14(12)18-8-5-7-11(4-2)9-18/h10-11H,3-9H2,1-2H3. The molecule has 0 bridgehead atoms. The van der Waals surface area contributed by atoms with E-state index in [2.05, 4.69) is 28.7 Å². The molecule has 1 atom stereocenters. The summed E-state index contributed by atoms with van der Waals surface area (Å²) in [7, 11) is 0. The number of hydrogen-bond donors (Lipinski definition) is 0. The summed E-state index contributed by atoms with van der Waals surface area (Å²) in [4.78, 5) is 11.0. The molecule has 1 aromatic heterocycles. The molecule has 1 unspecified atom stereocenters. The van der Waals surface area contributed by atoms with Gasteiger partial charge >= 0.3 is 0 Å². The minimum Gasteiger partial charge on any atom is -0.356 e. The monoisotopic (exact) mass is 267 g/mol. The SMILES string of the molecule is CCCc1c(Cl)ncnc1N1CCCC(CC)C1. The van der Waals surface area contributed by atoms with Crippen molar-refractivity contribution in [1.29, 1.82) is 0 Å². The van der Waals surface area contributed by atoms with Crippen molar-refractivity contribution in [2.75, 3.05) is 18.0 Å². The van der Waals surface area contributed by atoms with Gasteiger partial charge in [0, 0.05) is 18.7 Å². The third-order valence-electron chi connectivity index (χ3n) is 3.77. The second kappa shape index (κ2) is 6.37. The average molecular weight is 268 g/mol. The minimum absolute atomic E-state index is 0.625. The highest BCUT2D eigenvalue weighted by Crippen LogP contribution is 2.29. The summed E-state index contributed by atoms with van der Waals surface area (Å²) in [5.41, 5.74) is 1.12. The Labute approximate surface area is 115 Å². The van der Waals surface area contributed by atoms with Crippen LogP contribution >= 0.6 is 11.6 Å². The van der Waals surface area contributed by atoms with Gasteiger partial charge in [0.05, 0.1) is 0 Å². The highest BCUT2D eigenvalue weighted by Gasteiger charge is 2.22. The minimum atomic E-state index is 0.625. The summed E-state index contributed by atoms with van der Waals surface area (Å²) in [6.45, 7) is 6.65. The van der Waals surface area contributed by atoms with Gasteiger partial charge in [0.1, 0.15) is 17.3 Å². The predicted molar refractivity (Wildman–Crippen MR) is 76.3 cm³/mol. The zero-order chi connectivity index (χ0) is 13.0. The molecule has 2 rings (SSSR count). The molecule has 0 saturated carbocycles. The van der Waals surface area contributed by atoms with E-state index in [1.54, 1.807) is 6.33 Å². The maximum Gasteiger partial charge on any atom is 0.137 e. The van der Waals surface area contributed by atoms with E-state index in [0.29, 0.717) is 5.15 Å². The van der Waals surface area contributed by atoms with Crippen LogP contribution in [0, 0.1) is 5.92 Å². The number of piperidine rings is 1. The number of aromatic nitrogens is 2. The van der Waals surface area contributed by atoms with Gasteiger partial charge in [0.15, 0.2) is 0 Å². The lowest BCUT2D eigenvalue weighted by Gasteiger charge is -2.34. The molecular formula is C14H22ClN3. The van der Waals surface area contributed by atoms with Gasteiger partial charge in [-0.2, -0.15) is 0 Å². The Bertz CT molecular complexity index is 395. The van der Waals surface area contributed by atoms with Crippen molar-refractivity contribution in [3.63, 3.8) is 0 Å². The van der Waals surface area contributed by atoms with Gasteiger partial charge in [0.2, 0.25) is 0 Å². The third-order valence-corrected chi connectivity index (χ3v) is 4.09. The Morgan fingerprint density at radius 1 is 1.39 bits per heavy atom. The Morgan fingerprint density at radius 3 is 2.94 bits per heavy atom. The zero-order valence-corrected chi connectivity index (χ0v) is 12.1. The smallest absolute Gasteiger partial charge is 0.137 e. The van der Waals surface area contributed by atoms with E-state index in [1.165, 1.54) is 19.3 Å². The van der Waals surface area contributed by atoms with E-state index in [-0.39, 0.29) is 0 Å². The van der Waals surface area contributed by atoms with Gasteiger partial charge in [-0.1, -0.05) is 38.3 Å². The van der Waals surface area contributed by atoms with Crippen LogP contribution in [0.15, 0.2) is 6.33 Å². The fourth-order valence-electron chi connectivity index (χ4n) is 2.71. The van der Waals surface area contributed by atoms with Gasteiger partial charge in [-0.25, -0.2) is 9.97 Å². The molecule has 0 radical (unpaired) electrons. The second-order valence-electron chi connectivity index (χ2n) is 5.08. The van der Waals surface area contributed by atoms with Gasteiger partial charge in [-0.3, -0.25) is 0 Å². The number of nitrogens with zero attached hydrogens (tertiary/aromatic N) is 3. The van der Waals surface area contributed by atoms with Crippen molar-refractivity contribution in [2.45, 2.75) is 46.0 Å². The summed E-state index contributed by atoms with van der Waals surface area (Å²) < 4.78 is 0. The van der Waals surface area contributed by atoms with Crippen molar-refractivity contribution < 1.29 is 0 Å². The van der Waals surface area contributed by atoms with E-state index in [9.17, 15) is 0 Å². The molecule has 1 aliphatic rings. The van der Waals surface area contributed by atoms with Crippen LogP contribution in [0.2, 0.25) is 5.15 Å². The molecule has 1 aliphatic heterocycles. The van der Waals surface area contributed by atoms with Gasteiger partial charge in [0.25, 0.3) is 0 Å². The normalized spacial score (nSPS) is 20.2. The second-order valence-corrected chi connectivity index (χ2v) is 5.44. The molecule has 0 amide bonds. The molecule has 1 saturated heterocycles. The van der Waals surface area contributed by atoms with Crippen LogP contribution in [0.25, 0.3) is 0 Å². The van der Waals surface area contributed by atoms with Crippen LogP contribution in [-0.2, 0) is 6.42 Å². The topological polar surface area (TPSA) is 29.0 Å². The summed E-state index contributed by atoms with van der Waals surface area (Å²) >= 11 is 6.22. The van der Waals surface area contributed by atoms with E-state index >= 15 is 0 Å². The van der Waals surface area contributed by atoms with Crippen LogP contribution < -0.4 is 4.90 Å². The fraction of sp³-hybridized carbons (Fsp3) is 0.714. The van der Waals surface area contributed by atoms with Gasteiger partial charge in [-0.05, 0) is 25.2 Å². The predicted octanol–water partition coefficient (Wildman–Crippen LogP) is 3.71. The Morgan fingerprint density at radius 2 is 2.22 bits per heavy atom. The summed E-state index contributed by atoms with van der Waals surface area (Å²) in [5.74, 6) is 1.86. The van der Waals surface area contributed by atoms with Crippen LogP contribution in [0.3, 0.4) is 0 Å². The van der Waals surface area contributed by atoms with Crippen molar-refractivity contribution in [3.8, 4) is 0 Å². The molecule has 0 spiro atoms. The maximum absolute atomic E-state index is 6.22. The molecule has 18 heavy (non-hydrogen) atoms. The first kappa shape index (κ1) is 13.6. The maximum atomic E-state index is 6.22. The van der Waals surface area contributed by atoms with Crippen LogP contribution in [0.5, 0.6) is 0 Å². The molecule has 0 aliphatic carbocycles. The Balaban J connectivity index is 2.23. The quantitative estimate of drug-likeness (QED) is 0.779. The lowest BCUT2D eigenvalue weighted by atomic mass is 9.95. The molecule has 100 valence electrons. The first-order valence-electron chi connectivity index (χ1n) is 7.00. The number of rotatable bonds is 4. The molecule has 0 aromatic carbocycles. The Kier molecular flexibility index (Phi) is 4.81. The average Bonchev–Trinajstić information content (AvgIpc) is 2.41. The number of halogens is 1.